The van der Waals surface area contributed by atoms with Crippen LogP contribution in [0.15, 0.2) is 50.4 Å². The van der Waals surface area contributed by atoms with Crippen LogP contribution in [0.4, 0.5) is 0 Å². The lowest BCUT2D eigenvalue weighted by Gasteiger charge is -2.17. The zero-order chi connectivity index (χ0) is 19.0. The molecule has 0 aliphatic rings. The molecule has 0 aliphatic heterocycles. The van der Waals surface area contributed by atoms with Crippen molar-refractivity contribution in [2.45, 2.75) is 26.3 Å². The molecule has 0 fully saturated rings. The monoisotopic (exact) mass is 368 g/mol. The Kier molecular flexibility index (Phi) is 4.31. The molecule has 4 heterocycles. The zero-order valence-corrected chi connectivity index (χ0v) is 15.2. The fourth-order valence-corrected chi connectivity index (χ4v) is 3.25. The molecule has 0 bridgehead atoms. The van der Waals surface area contributed by atoms with Gasteiger partial charge in [0.1, 0.15) is 23.6 Å². The normalized spacial score (nSPS) is 11.5. The SMILES string of the molecule is Cc1nn(CC(=O)N(C)CCCc2ccco2)c(=O)c2cc3occc3n12. The van der Waals surface area contributed by atoms with Gasteiger partial charge >= 0.3 is 0 Å². The smallest absolute Gasteiger partial charge is 0.291 e. The van der Waals surface area contributed by atoms with Gasteiger partial charge in [0.05, 0.1) is 18.0 Å². The topological polar surface area (TPSA) is 85.9 Å². The summed E-state index contributed by atoms with van der Waals surface area (Å²) in [6, 6.07) is 7.23. The van der Waals surface area contributed by atoms with E-state index < -0.39 is 0 Å². The fourth-order valence-electron chi connectivity index (χ4n) is 3.25. The second-order valence-corrected chi connectivity index (χ2v) is 6.54. The number of hydrogen-bond acceptors (Lipinski definition) is 5. The molecule has 0 aromatic carbocycles. The molecule has 0 aliphatic carbocycles. The summed E-state index contributed by atoms with van der Waals surface area (Å²) < 4.78 is 13.6. The molecule has 0 saturated carbocycles. The third kappa shape index (κ3) is 3.14. The number of aromatic nitrogens is 3. The van der Waals surface area contributed by atoms with Crippen LogP contribution >= 0.6 is 0 Å². The van der Waals surface area contributed by atoms with Gasteiger partial charge in [-0.25, -0.2) is 4.68 Å². The lowest BCUT2D eigenvalue weighted by molar-refractivity contribution is -0.130. The van der Waals surface area contributed by atoms with Crippen molar-refractivity contribution in [3.05, 3.63) is 58.7 Å². The maximum atomic E-state index is 12.7. The summed E-state index contributed by atoms with van der Waals surface area (Å²) in [5.74, 6) is 1.35. The van der Waals surface area contributed by atoms with E-state index in [4.69, 9.17) is 8.83 Å². The Labute approximate surface area is 154 Å². The molecule has 8 heteroatoms. The number of fused-ring (bicyclic) bond motifs is 3. The Balaban J connectivity index is 1.49. The second kappa shape index (κ2) is 6.79. The van der Waals surface area contributed by atoms with E-state index in [2.05, 4.69) is 5.10 Å². The van der Waals surface area contributed by atoms with Crippen LogP contribution in [-0.2, 0) is 17.8 Å². The number of hydrogen-bond donors (Lipinski definition) is 0. The van der Waals surface area contributed by atoms with E-state index >= 15 is 0 Å². The Morgan fingerprint density at radius 3 is 2.85 bits per heavy atom. The lowest BCUT2D eigenvalue weighted by atomic mass is 10.2. The average molecular weight is 368 g/mol. The van der Waals surface area contributed by atoms with Gasteiger partial charge in [-0.05, 0) is 25.5 Å². The highest BCUT2D eigenvalue weighted by atomic mass is 16.3. The van der Waals surface area contributed by atoms with E-state index in [1.54, 1.807) is 47.9 Å². The van der Waals surface area contributed by atoms with Gasteiger partial charge in [0.15, 0.2) is 5.58 Å². The molecule has 140 valence electrons. The Hall–Kier alpha value is -3.29. The van der Waals surface area contributed by atoms with E-state index in [0.717, 1.165) is 24.1 Å². The third-order valence-corrected chi connectivity index (χ3v) is 4.67. The number of likely N-dealkylation sites (N-methyl/N-ethyl adjacent to an activating group) is 1. The van der Waals surface area contributed by atoms with E-state index in [1.807, 2.05) is 12.1 Å². The molecule has 1 amide bonds. The van der Waals surface area contributed by atoms with Crippen molar-refractivity contribution in [3.63, 3.8) is 0 Å². The second-order valence-electron chi connectivity index (χ2n) is 6.54. The molecule has 4 aromatic rings. The van der Waals surface area contributed by atoms with Gasteiger partial charge in [0.2, 0.25) is 5.91 Å². The summed E-state index contributed by atoms with van der Waals surface area (Å²) in [5, 5.41) is 4.31. The minimum absolute atomic E-state index is 0.0973. The van der Waals surface area contributed by atoms with Gasteiger partial charge in [-0.1, -0.05) is 0 Å². The van der Waals surface area contributed by atoms with Gasteiger partial charge in [0.25, 0.3) is 5.56 Å². The van der Waals surface area contributed by atoms with Crippen molar-refractivity contribution in [1.82, 2.24) is 19.1 Å². The molecule has 0 unspecified atom stereocenters. The third-order valence-electron chi connectivity index (χ3n) is 4.67. The largest absolute Gasteiger partial charge is 0.469 e. The van der Waals surface area contributed by atoms with Crippen LogP contribution in [0.2, 0.25) is 0 Å². The molecule has 0 radical (unpaired) electrons. The van der Waals surface area contributed by atoms with E-state index in [0.29, 0.717) is 23.5 Å². The number of amides is 1. The maximum absolute atomic E-state index is 12.7. The molecular formula is C19H20N4O4. The summed E-state index contributed by atoms with van der Waals surface area (Å²) in [5.41, 5.74) is 1.55. The van der Waals surface area contributed by atoms with Crippen LogP contribution in [0.3, 0.4) is 0 Å². The molecule has 0 spiro atoms. The van der Waals surface area contributed by atoms with Gasteiger partial charge < -0.3 is 13.7 Å². The number of carbonyl (C=O) groups is 1. The Morgan fingerprint density at radius 1 is 1.22 bits per heavy atom. The first-order valence-corrected chi connectivity index (χ1v) is 8.77. The predicted molar refractivity (Wildman–Crippen MR) is 98.6 cm³/mol. The van der Waals surface area contributed by atoms with Crippen LogP contribution < -0.4 is 5.56 Å². The van der Waals surface area contributed by atoms with Gasteiger partial charge in [-0.3, -0.25) is 14.0 Å². The number of carbonyl (C=O) groups excluding carboxylic acids is 1. The molecule has 0 atom stereocenters. The number of aryl methyl sites for hydroxylation is 2. The van der Waals surface area contributed by atoms with Crippen LogP contribution in [0.1, 0.15) is 18.0 Å². The van der Waals surface area contributed by atoms with Crippen molar-refractivity contribution in [2.75, 3.05) is 13.6 Å². The molecule has 0 saturated heterocycles. The van der Waals surface area contributed by atoms with Crippen LogP contribution in [-0.4, -0.2) is 38.6 Å². The summed E-state index contributed by atoms with van der Waals surface area (Å²) in [6.45, 7) is 2.28. The molecule has 0 N–H and O–H groups in total. The van der Waals surface area contributed by atoms with E-state index in [9.17, 15) is 9.59 Å². The standard InChI is InChI=1S/C19H20N4O4/c1-13-20-22(19(25)16-11-17-15(23(13)16)7-10-27-17)12-18(24)21(2)8-3-5-14-6-4-9-26-14/h4,6-7,9-11H,3,5,8,12H2,1-2H3. The quantitative estimate of drug-likeness (QED) is 0.521. The lowest BCUT2D eigenvalue weighted by Crippen LogP contribution is -2.36. The van der Waals surface area contributed by atoms with Crippen molar-refractivity contribution in [1.29, 1.82) is 0 Å². The molecule has 4 rings (SSSR count). The van der Waals surface area contributed by atoms with E-state index in [-0.39, 0.29) is 18.0 Å². The summed E-state index contributed by atoms with van der Waals surface area (Å²) >= 11 is 0. The van der Waals surface area contributed by atoms with Crippen LogP contribution in [0.5, 0.6) is 0 Å². The Morgan fingerprint density at radius 2 is 2.07 bits per heavy atom. The minimum Gasteiger partial charge on any atom is -0.469 e. The molecule has 4 aromatic heterocycles. The van der Waals surface area contributed by atoms with Crippen molar-refractivity contribution in [2.24, 2.45) is 0 Å². The van der Waals surface area contributed by atoms with Gasteiger partial charge in [0, 0.05) is 32.1 Å². The summed E-state index contributed by atoms with van der Waals surface area (Å²) in [7, 11) is 1.73. The van der Waals surface area contributed by atoms with Crippen molar-refractivity contribution >= 4 is 22.5 Å². The van der Waals surface area contributed by atoms with Crippen molar-refractivity contribution in [3.8, 4) is 0 Å². The molecule has 8 nitrogen and oxygen atoms in total. The first-order chi connectivity index (χ1) is 13.0. The van der Waals surface area contributed by atoms with Gasteiger partial charge in [-0.15, -0.1) is 0 Å². The highest BCUT2D eigenvalue weighted by Crippen LogP contribution is 2.19. The zero-order valence-electron chi connectivity index (χ0n) is 15.2. The summed E-state index contributed by atoms with van der Waals surface area (Å²) in [4.78, 5) is 26.8. The van der Waals surface area contributed by atoms with Crippen LogP contribution in [0, 0.1) is 6.92 Å². The van der Waals surface area contributed by atoms with Crippen LogP contribution in [0.25, 0.3) is 16.6 Å². The minimum atomic E-state index is -0.315. The van der Waals surface area contributed by atoms with Gasteiger partial charge in [-0.2, -0.15) is 5.10 Å². The first-order valence-electron chi connectivity index (χ1n) is 8.77. The number of nitrogens with zero attached hydrogens (tertiary/aromatic N) is 4. The fraction of sp³-hybridized carbons (Fsp3) is 0.316. The number of rotatable bonds is 6. The maximum Gasteiger partial charge on any atom is 0.291 e. The number of furan rings is 2. The average Bonchev–Trinajstić information content (AvgIpc) is 3.35. The highest BCUT2D eigenvalue weighted by molar-refractivity contribution is 5.82. The molecule has 27 heavy (non-hydrogen) atoms. The first kappa shape index (κ1) is 17.1. The summed E-state index contributed by atoms with van der Waals surface area (Å²) in [6.07, 6.45) is 4.75. The predicted octanol–water partition coefficient (Wildman–Crippen LogP) is 2.23. The Bertz CT molecular complexity index is 1150. The van der Waals surface area contributed by atoms with Crippen molar-refractivity contribution < 1.29 is 13.6 Å². The highest BCUT2D eigenvalue weighted by Gasteiger charge is 2.17. The van der Waals surface area contributed by atoms with E-state index in [1.165, 1.54) is 4.68 Å². The molecular weight excluding hydrogens is 348 g/mol.